The second kappa shape index (κ2) is 4.68. The van der Waals surface area contributed by atoms with Gasteiger partial charge < -0.3 is 10.2 Å². The van der Waals surface area contributed by atoms with Gasteiger partial charge >= 0.3 is 0 Å². The van der Waals surface area contributed by atoms with Crippen LogP contribution in [0.25, 0.3) is 0 Å². The van der Waals surface area contributed by atoms with Crippen LogP contribution in [0.2, 0.25) is 0 Å². The van der Waals surface area contributed by atoms with E-state index in [1.165, 1.54) is 0 Å². The summed E-state index contributed by atoms with van der Waals surface area (Å²) < 4.78 is 1.73. The number of piperazine rings is 1. The Morgan fingerprint density at radius 1 is 1.42 bits per heavy atom. The maximum Gasteiger partial charge on any atom is 0.246 e. The fourth-order valence-corrected chi connectivity index (χ4v) is 2.30. The molecule has 0 spiro atoms. The lowest BCUT2D eigenvalue weighted by molar-refractivity contribution is -0.154. The van der Waals surface area contributed by atoms with Gasteiger partial charge in [-0.05, 0) is 32.8 Å². The summed E-state index contributed by atoms with van der Waals surface area (Å²) >= 11 is 0. The minimum atomic E-state index is -0.800. The minimum Gasteiger partial charge on any atom is -0.343 e. The number of hydrogen-bond acceptors (Lipinski definition) is 3. The molecule has 19 heavy (non-hydrogen) atoms. The number of rotatable bonds is 3. The number of nitrogens with one attached hydrogen (secondary N) is 1. The van der Waals surface area contributed by atoms with Crippen molar-refractivity contribution in [2.75, 3.05) is 6.54 Å². The van der Waals surface area contributed by atoms with E-state index in [1.54, 1.807) is 36.5 Å². The molecule has 6 nitrogen and oxygen atoms in total. The Bertz CT molecular complexity index is 506. The molecule has 1 aliphatic heterocycles. The molecule has 1 aromatic heterocycles. The maximum absolute atomic E-state index is 12.2. The van der Waals surface area contributed by atoms with E-state index in [2.05, 4.69) is 10.4 Å². The van der Waals surface area contributed by atoms with E-state index in [1.807, 2.05) is 13.2 Å². The van der Waals surface area contributed by atoms with Gasteiger partial charge in [0.05, 0.1) is 6.20 Å². The standard InChI is InChI=1S/C13H20N4O2/c1-9-11(18)17(13(2,3)12(19)15-9)6-5-10-7-14-16(4)8-10/h7-9H,5-6H2,1-4H3,(H,15,19). The van der Waals surface area contributed by atoms with Gasteiger partial charge in [0.1, 0.15) is 11.6 Å². The topological polar surface area (TPSA) is 67.2 Å². The summed E-state index contributed by atoms with van der Waals surface area (Å²) in [6, 6.07) is -0.450. The first-order chi connectivity index (χ1) is 8.82. The highest BCUT2D eigenvalue weighted by atomic mass is 16.2. The van der Waals surface area contributed by atoms with Gasteiger partial charge in [-0.1, -0.05) is 0 Å². The lowest BCUT2D eigenvalue weighted by Gasteiger charge is -2.43. The molecule has 0 aliphatic carbocycles. The van der Waals surface area contributed by atoms with Gasteiger partial charge in [0.2, 0.25) is 11.8 Å². The van der Waals surface area contributed by atoms with Crippen molar-refractivity contribution in [3.63, 3.8) is 0 Å². The van der Waals surface area contributed by atoms with Gasteiger partial charge in [-0.3, -0.25) is 14.3 Å². The number of nitrogens with zero attached hydrogens (tertiary/aromatic N) is 3. The molecule has 1 aromatic rings. The number of hydrogen-bond donors (Lipinski definition) is 1. The van der Waals surface area contributed by atoms with Gasteiger partial charge in [0.15, 0.2) is 0 Å². The first kappa shape index (κ1) is 13.6. The summed E-state index contributed by atoms with van der Waals surface area (Å²) in [6.07, 6.45) is 4.40. The van der Waals surface area contributed by atoms with Crippen molar-refractivity contribution in [3.8, 4) is 0 Å². The van der Waals surface area contributed by atoms with Crippen molar-refractivity contribution < 1.29 is 9.59 Å². The highest BCUT2D eigenvalue weighted by Crippen LogP contribution is 2.21. The van der Waals surface area contributed by atoms with Crippen LogP contribution in [0.3, 0.4) is 0 Å². The number of amides is 2. The first-order valence-electron chi connectivity index (χ1n) is 6.42. The molecule has 0 aromatic carbocycles. The molecule has 104 valence electrons. The minimum absolute atomic E-state index is 0.0338. The number of carbonyl (C=O) groups is 2. The van der Waals surface area contributed by atoms with Gasteiger partial charge in [0, 0.05) is 19.8 Å². The summed E-state index contributed by atoms with van der Waals surface area (Å²) in [5.74, 6) is -0.140. The van der Waals surface area contributed by atoms with E-state index in [0.717, 1.165) is 5.56 Å². The largest absolute Gasteiger partial charge is 0.343 e. The highest BCUT2D eigenvalue weighted by Gasteiger charge is 2.44. The predicted octanol–water partition coefficient (Wildman–Crippen LogP) is 0.0881. The zero-order valence-electron chi connectivity index (χ0n) is 11.8. The van der Waals surface area contributed by atoms with Crippen LogP contribution in [0.4, 0.5) is 0 Å². The van der Waals surface area contributed by atoms with Gasteiger partial charge in [-0.2, -0.15) is 5.10 Å². The molecule has 2 rings (SSSR count). The molecule has 1 fully saturated rings. The average Bonchev–Trinajstić information content (AvgIpc) is 2.73. The molecule has 0 saturated carbocycles. The van der Waals surface area contributed by atoms with Crippen LogP contribution in [-0.2, 0) is 23.1 Å². The fourth-order valence-electron chi connectivity index (χ4n) is 2.30. The van der Waals surface area contributed by atoms with E-state index in [9.17, 15) is 9.59 Å². The Kier molecular flexibility index (Phi) is 3.34. The smallest absolute Gasteiger partial charge is 0.246 e. The summed E-state index contributed by atoms with van der Waals surface area (Å²) in [7, 11) is 1.86. The molecule has 0 radical (unpaired) electrons. The lowest BCUT2D eigenvalue weighted by atomic mass is 9.95. The van der Waals surface area contributed by atoms with E-state index in [-0.39, 0.29) is 11.8 Å². The predicted molar refractivity (Wildman–Crippen MR) is 70.3 cm³/mol. The van der Waals surface area contributed by atoms with Gasteiger partial charge in [-0.25, -0.2) is 0 Å². The summed E-state index contributed by atoms with van der Waals surface area (Å²) in [4.78, 5) is 25.8. The van der Waals surface area contributed by atoms with Crippen LogP contribution in [0.15, 0.2) is 12.4 Å². The van der Waals surface area contributed by atoms with Crippen LogP contribution in [0.5, 0.6) is 0 Å². The third-order valence-electron chi connectivity index (χ3n) is 3.60. The quantitative estimate of drug-likeness (QED) is 0.841. The summed E-state index contributed by atoms with van der Waals surface area (Å²) in [5.41, 5.74) is 0.260. The molecule has 1 atom stereocenters. The van der Waals surface area contributed by atoms with Crippen molar-refractivity contribution in [1.29, 1.82) is 0 Å². The van der Waals surface area contributed by atoms with Crippen LogP contribution in [-0.4, -0.2) is 44.6 Å². The van der Waals surface area contributed by atoms with Crippen LogP contribution in [0, 0.1) is 0 Å². The Hall–Kier alpha value is -1.85. The van der Waals surface area contributed by atoms with E-state index < -0.39 is 11.6 Å². The van der Waals surface area contributed by atoms with Crippen LogP contribution < -0.4 is 5.32 Å². The number of carbonyl (C=O) groups excluding carboxylic acids is 2. The lowest BCUT2D eigenvalue weighted by Crippen LogP contribution is -2.67. The van der Waals surface area contributed by atoms with E-state index in [0.29, 0.717) is 13.0 Å². The molecule has 6 heteroatoms. The molecule has 2 amide bonds. The molecular weight excluding hydrogens is 244 g/mol. The zero-order valence-corrected chi connectivity index (χ0v) is 11.8. The summed E-state index contributed by atoms with van der Waals surface area (Å²) in [5, 5.41) is 6.80. The second-order valence-electron chi connectivity index (χ2n) is 5.52. The van der Waals surface area contributed by atoms with E-state index >= 15 is 0 Å². The normalized spacial score (nSPS) is 22.5. The van der Waals surface area contributed by atoms with Crippen molar-refractivity contribution in [2.24, 2.45) is 7.05 Å². The Morgan fingerprint density at radius 3 is 2.68 bits per heavy atom. The molecule has 1 unspecified atom stereocenters. The average molecular weight is 264 g/mol. The number of aromatic nitrogens is 2. The third-order valence-corrected chi connectivity index (χ3v) is 3.60. The Balaban J connectivity index is 2.11. The fraction of sp³-hybridized carbons (Fsp3) is 0.615. The third kappa shape index (κ3) is 2.47. The molecule has 1 saturated heterocycles. The first-order valence-corrected chi connectivity index (χ1v) is 6.42. The van der Waals surface area contributed by atoms with Gasteiger partial charge in [0.25, 0.3) is 0 Å². The monoisotopic (exact) mass is 264 g/mol. The Labute approximate surface area is 112 Å². The van der Waals surface area contributed by atoms with E-state index in [4.69, 9.17) is 0 Å². The number of aryl methyl sites for hydroxylation is 1. The zero-order chi connectivity index (χ0) is 14.2. The SMILES string of the molecule is CC1NC(=O)C(C)(C)N(CCc2cnn(C)c2)C1=O. The molecule has 0 bridgehead atoms. The molecule has 2 heterocycles. The second-order valence-corrected chi connectivity index (χ2v) is 5.52. The molecule has 1 aliphatic rings. The van der Waals surface area contributed by atoms with Gasteiger partial charge in [-0.15, -0.1) is 0 Å². The van der Waals surface area contributed by atoms with Crippen molar-refractivity contribution in [3.05, 3.63) is 18.0 Å². The summed E-state index contributed by atoms with van der Waals surface area (Å²) in [6.45, 7) is 5.78. The molecular formula is C13H20N4O2. The van der Waals surface area contributed by atoms with Crippen LogP contribution in [0.1, 0.15) is 26.3 Å². The maximum atomic E-state index is 12.2. The highest BCUT2D eigenvalue weighted by molar-refractivity contribution is 5.99. The van der Waals surface area contributed by atoms with Crippen molar-refractivity contribution in [2.45, 2.75) is 38.8 Å². The van der Waals surface area contributed by atoms with Crippen LogP contribution >= 0.6 is 0 Å². The molecule has 1 N–H and O–H groups in total. The van der Waals surface area contributed by atoms with Crippen molar-refractivity contribution >= 4 is 11.8 Å². The van der Waals surface area contributed by atoms with Crippen molar-refractivity contribution in [1.82, 2.24) is 20.0 Å². The Morgan fingerprint density at radius 2 is 2.11 bits per heavy atom.